The fourth-order valence-electron chi connectivity index (χ4n) is 1.74. The van der Waals surface area contributed by atoms with Gasteiger partial charge in [0.1, 0.15) is 6.07 Å². The van der Waals surface area contributed by atoms with Crippen LogP contribution >= 0.6 is 11.8 Å². The lowest BCUT2D eigenvalue weighted by Gasteiger charge is -2.20. The zero-order chi connectivity index (χ0) is 15.1. The normalized spacial score (nSPS) is 17.1. The predicted octanol–water partition coefficient (Wildman–Crippen LogP) is 3.25. The SMILES string of the molecule is CC1=C(C#N)S(=O)(=O)c2cc(SC(F)(F)F)ccc2N1. The number of nitriles is 1. The first-order valence-electron chi connectivity index (χ1n) is 5.18. The van der Waals surface area contributed by atoms with Gasteiger partial charge < -0.3 is 5.32 Å². The van der Waals surface area contributed by atoms with Crippen LogP contribution in [0.4, 0.5) is 18.9 Å². The second-order valence-corrected chi connectivity index (χ2v) is 6.89. The van der Waals surface area contributed by atoms with Crippen LogP contribution in [-0.4, -0.2) is 13.9 Å². The van der Waals surface area contributed by atoms with Gasteiger partial charge in [-0.25, -0.2) is 8.42 Å². The molecule has 9 heteroatoms. The third kappa shape index (κ3) is 2.62. The highest BCUT2D eigenvalue weighted by atomic mass is 32.2. The molecule has 0 unspecified atom stereocenters. The third-order valence-corrected chi connectivity index (χ3v) is 5.08. The Morgan fingerprint density at radius 2 is 2.00 bits per heavy atom. The molecule has 0 fully saturated rings. The van der Waals surface area contributed by atoms with Crippen molar-refractivity contribution in [1.29, 1.82) is 5.26 Å². The Morgan fingerprint density at radius 3 is 2.55 bits per heavy atom. The molecule has 0 bridgehead atoms. The van der Waals surface area contributed by atoms with Crippen molar-refractivity contribution in [1.82, 2.24) is 0 Å². The maximum absolute atomic E-state index is 12.3. The molecule has 0 spiro atoms. The van der Waals surface area contributed by atoms with E-state index in [2.05, 4.69) is 5.32 Å². The summed E-state index contributed by atoms with van der Waals surface area (Å²) in [5, 5.41) is 11.6. The van der Waals surface area contributed by atoms with Gasteiger partial charge in [0.05, 0.1) is 10.6 Å². The Kier molecular flexibility index (Phi) is 3.47. The first-order chi connectivity index (χ1) is 9.15. The van der Waals surface area contributed by atoms with Crippen molar-refractivity contribution >= 4 is 27.3 Å². The van der Waals surface area contributed by atoms with Crippen molar-refractivity contribution in [2.75, 3.05) is 5.32 Å². The standard InChI is InChI=1S/C11H7F3N2O2S2/c1-6-10(5-15)20(17,18)9-4-7(19-11(12,13)14)2-3-8(9)16-6/h2-4,16H,1H3. The summed E-state index contributed by atoms with van der Waals surface area (Å²) < 4.78 is 61.2. The first kappa shape index (κ1) is 14.7. The van der Waals surface area contributed by atoms with Gasteiger partial charge in [-0.3, -0.25) is 0 Å². The number of allylic oxidation sites excluding steroid dienone is 2. The van der Waals surface area contributed by atoms with Crippen molar-refractivity contribution in [3.63, 3.8) is 0 Å². The molecule has 0 saturated carbocycles. The van der Waals surface area contributed by atoms with E-state index in [0.717, 1.165) is 6.07 Å². The largest absolute Gasteiger partial charge is 0.446 e. The summed E-state index contributed by atoms with van der Waals surface area (Å²) in [6.45, 7) is 1.41. The van der Waals surface area contributed by atoms with Crippen LogP contribution < -0.4 is 5.32 Å². The first-order valence-corrected chi connectivity index (χ1v) is 7.48. The molecule has 1 aliphatic heterocycles. The molecule has 1 heterocycles. The Balaban J connectivity index is 2.57. The zero-order valence-electron chi connectivity index (χ0n) is 9.95. The number of thioether (sulfide) groups is 1. The zero-order valence-corrected chi connectivity index (χ0v) is 11.6. The van der Waals surface area contributed by atoms with Gasteiger partial charge in [0.25, 0.3) is 0 Å². The lowest BCUT2D eigenvalue weighted by Crippen LogP contribution is -2.17. The average Bonchev–Trinajstić information content (AvgIpc) is 2.28. The molecular formula is C11H7F3N2O2S2. The van der Waals surface area contributed by atoms with E-state index in [9.17, 15) is 21.6 Å². The fraction of sp³-hybridized carbons (Fsp3) is 0.182. The quantitative estimate of drug-likeness (QED) is 0.804. The summed E-state index contributed by atoms with van der Waals surface area (Å²) in [5.41, 5.74) is -4.20. The van der Waals surface area contributed by atoms with Crippen molar-refractivity contribution in [2.24, 2.45) is 0 Å². The number of halogens is 3. The summed E-state index contributed by atoms with van der Waals surface area (Å²) in [6, 6.07) is 4.89. The molecule has 0 aromatic heterocycles. The Bertz CT molecular complexity index is 746. The highest BCUT2D eigenvalue weighted by molar-refractivity contribution is 8.00. The van der Waals surface area contributed by atoms with Crippen LogP contribution in [0, 0.1) is 11.3 Å². The highest BCUT2D eigenvalue weighted by Gasteiger charge is 2.33. The van der Waals surface area contributed by atoms with Gasteiger partial charge in [0.15, 0.2) is 4.91 Å². The van der Waals surface area contributed by atoms with Crippen LogP contribution in [0.5, 0.6) is 0 Å². The van der Waals surface area contributed by atoms with Gasteiger partial charge in [0.2, 0.25) is 9.84 Å². The van der Waals surface area contributed by atoms with Crippen LogP contribution in [0.25, 0.3) is 0 Å². The number of fused-ring (bicyclic) bond motifs is 1. The molecule has 20 heavy (non-hydrogen) atoms. The van der Waals surface area contributed by atoms with E-state index >= 15 is 0 Å². The number of alkyl halides is 3. The number of hydrogen-bond acceptors (Lipinski definition) is 5. The Hall–Kier alpha value is -1.66. The fourth-order valence-corrected chi connectivity index (χ4v) is 3.88. The minimum Gasteiger partial charge on any atom is -0.356 e. The van der Waals surface area contributed by atoms with Gasteiger partial charge in [-0.1, -0.05) is 0 Å². The maximum atomic E-state index is 12.3. The summed E-state index contributed by atoms with van der Waals surface area (Å²) in [6.07, 6.45) is 0. The Labute approximate surface area is 117 Å². The van der Waals surface area contributed by atoms with Crippen LogP contribution in [-0.2, 0) is 9.84 Å². The van der Waals surface area contributed by atoms with Crippen molar-refractivity contribution in [2.45, 2.75) is 22.2 Å². The number of rotatable bonds is 1. The van der Waals surface area contributed by atoms with Gasteiger partial charge in [-0.2, -0.15) is 18.4 Å². The maximum Gasteiger partial charge on any atom is 0.446 e. The smallest absolute Gasteiger partial charge is 0.356 e. The van der Waals surface area contributed by atoms with Crippen LogP contribution in [0.3, 0.4) is 0 Å². The minimum atomic E-state index is -4.51. The second kappa shape index (κ2) is 4.71. The summed E-state index contributed by atoms with van der Waals surface area (Å²) in [5.74, 6) is 0. The van der Waals surface area contributed by atoms with Crippen molar-refractivity contribution in [3.05, 3.63) is 28.8 Å². The molecule has 0 amide bonds. The third-order valence-electron chi connectivity index (χ3n) is 2.51. The van der Waals surface area contributed by atoms with E-state index in [1.165, 1.54) is 19.1 Å². The van der Waals surface area contributed by atoms with E-state index < -0.39 is 32.0 Å². The monoisotopic (exact) mass is 320 g/mol. The molecule has 0 radical (unpaired) electrons. The lowest BCUT2D eigenvalue weighted by molar-refractivity contribution is -0.0328. The molecule has 0 saturated heterocycles. The molecule has 106 valence electrons. The molecule has 1 aromatic rings. The van der Waals surface area contributed by atoms with Gasteiger partial charge in [-0.05, 0) is 36.9 Å². The molecule has 0 aliphatic carbocycles. The summed E-state index contributed by atoms with van der Waals surface area (Å²) in [4.78, 5) is -1.06. The number of hydrogen-bond donors (Lipinski definition) is 1. The molecule has 2 rings (SSSR count). The molecule has 0 atom stereocenters. The summed E-state index contributed by atoms with van der Waals surface area (Å²) in [7, 11) is -4.08. The second-order valence-electron chi connectivity index (χ2n) is 3.90. The highest BCUT2D eigenvalue weighted by Crippen LogP contribution is 2.41. The minimum absolute atomic E-state index is 0.149. The molecule has 1 aliphatic rings. The summed E-state index contributed by atoms with van der Waals surface area (Å²) >= 11 is -0.407. The molecule has 1 aromatic carbocycles. The van der Waals surface area contributed by atoms with E-state index in [-0.39, 0.29) is 21.2 Å². The number of anilines is 1. The van der Waals surface area contributed by atoms with Crippen molar-refractivity contribution < 1.29 is 21.6 Å². The number of benzene rings is 1. The Morgan fingerprint density at radius 1 is 1.35 bits per heavy atom. The predicted molar refractivity (Wildman–Crippen MR) is 67.5 cm³/mol. The molecule has 4 nitrogen and oxygen atoms in total. The van der Waals surface area contributed by atoms with E-state index in [1.54, 1.807) is 6.07 Å². The van der Waals surface area contributed by atoms with Gasteiger partial charge in [0, 0.05) is 10.6 Å². The van der Waals surface area contributed by atoms with E-state index in [0.29, 0.717) is 0 Å². The number of nitrogens with one attached hydrogen (secondary N) is 1. The van der Waals surface area contributed by atoms with Crippen LogP contribution in [0.2, 0.25) is 0 Å². The molecular weight excluding hydrogens is 313 g/mol. The van der Waals surface area contributed by atoms with Crippen molar-refractivity contribution in [3.8, 4) is 6.07 Å². The lowest BCUT2D eigenvalue weighted by atomic mass is 10.3. The van der Waals surface area contributed by atoms with Crippen LogP contribution in [0.15, 0.2) is 38.6 Å². The van der Waals surface area contributed by atoms with E-state index in [1.807, 2.05) is 0 Å². The van der Waals surface area contributed by atoms with Crippen LogP contribution in [0.1, 0.15) is 6.92 Å². The van der Waals surface area contributed by atoms with Gasteiger partial charge in [-0.15, -0.1) is 0 Å². The number of sulfone groups is 1. The van der Waals surface area contributed by atoms with E-state index in [4.69, 9.17) is 5.26 Å². The topological polar surface area (TPSA) is 70.0 Å². The average molecular weight is 320 g/mol. The number of nitrogens with zero attached hydrogens (tertiary/aromatic N) is 1. The van der Waals surface area contributed by atoms with Gasteiger partial charge >= 0.3 is 5.51 Å². The molecule has 1 N–H and O–H groups in total.